The zero-order valence-corrected chi connectivity index (χ0v) is 14.2. The van der Waals surface area contributed by atoms with Gasteiger partial charge in [-0.1, -0.05) is 28.9 Å². The van der Waals surface area contributed by atoms with E-state index in [0.717, 1.165) is 50.0 Å². The first-order valence-electron chi connectivity index (χ1n) is 8.43. The van der Waals surface area contributed by atoms with Gasteiger partial charge in [-0.3, -0.25) is 9.67 Å². The van der Waals surface area contributed by atoms with Crippen molar-refractivity contribution in [2.75, 3.05) is 19.6 Å². The van der Waals surface area contributed by atoms with Crippen molar-refractivity contribution in [3.8, 4) is 0 Å². The standard InChI is InChI=1S/C17H21ClN6/c18-15-3-1-14(2-4-15)16-11-19-17(21-16)23-8-5-13(6-9-23)12-24-10-7-20-22-24/h1-4,7,10,13,16H,5-6,8-9,11-12H2,(H,19,21). The number of guanidine groups is 1. The van der Waals surface area contributed by atoms with Gasteiger partial charge < -0.3 is 10.2 Å². The molecule has 3 heterocycles. The van der Waals surface area contributed by atoms with Crippen LogP contribution in [0.25, 0.3) is 0 Å². The molecule has 0 spiro atoms. The highest BCUT2D eigenvalue weighted by Gasteiger charge is 2.27. The quantitative estimate of drug-likeness (QED) is 0.928. The van der Waals surface area contributed by atoms with Crippen molar-refractivity contribution in [2.45, 2.75) is 25.4 Å². The maximum absolute atomic E-state index is 5.97. The molecule has 2 aromatic rings. The molecule has 2 aliphatic heterocycles. The highest BCUT2D eigenvalue weighted by Crippen LogP contribution is 2.23. The second kappa shape index (κ2) is 6.81. The summed E-state index contributed by atoms with van der Waals surface area (Å²) in [5.41, 5.74) is 1.24. The highest BCUT2D eigenvalue weighted by molar-refractivity contribution is 6.30. The van der Waals surface area contributed by atoms with E-state index in [-0.39, 0.29) is 6.04 Å². The lowest BCUT2D eigenvalue weighted by atomic mass is 9.97. The lowest BCUT2D eigenvalue weighted by Gasteiger charge is -2.33. The molecule has 4 rings (SSSR count). The van der Waals surface area contributed by atoms with E-state index in [0.29, 0.717) is 5.92 Å². The molecule has 2 aliphatic rings. The Kier molecular flexibility index (Phi) is 4.38. The SMILES string of the molecule is Clc1ccc(C2CN=C(N3CCC(Cn4ccnn4)CC3)N2)cc1. The summed E-state index contributed by atoms with van der Waals surface area (Å²) in [6, 6.07) is 8.27. The van der Waals surface area contributed by atoms with Crippen molar-refractivity contribution in [3.63, 3.8) is 0 Å². The molecule has 24 heavy (non-hydrogen) atoms. The van der Waals surface area contributed by atoms with Crippen LogP contribution in [-0.2, 0) is 6.54 Å². The van der Waals surface area contributed by atoms with E-state index >= 15 is 0 Å². The van der Waals surface area contributed by atoms with Crippen molar-refractivity contribution in [1.29, 1.82) is 0 Å². The summed E-state index contributed by atoms with van der Waals surface area (Å²) < 4.78 is 1.93. The Hall–Kier alpha value is -2.08. The number of aromatic nitrogens is 3. The molecule has 6 nitrogen and oxygen atoms in total. The van der Waals surface area contributed by atoms with Crippen molar-refractivity contribution >= 4 is 17.6 Å². The summed E-state index contributed by atoms with van der Waals surface area (Å²) in [4.78, 5) is 7.08. The van der Waals surface area contributed by atoms with Gasteiger partial charge in [0.15, 0.2) is 5.96 Å². The van der Waals surface area contributed by atoms with Crippen LogP contribution in [0.15, 0.2) is 41.7 Å². The van der Waals surface area contributed by atoms with Crippen LogP contribution in [-0.4, -0.2) is 45.5 Å². The predicted octanol–water partition coefficient (Wildman–Crippen LogP) is 2.34. The van der Waals surface area contributed by atoms with Gasteiger partial charge in [0.05, 0.1) is 18.8 Å². The van der Waals surface area contributed by atoms with Crippen LogP contribution in [0, 0.1) is 5.92 Å². The molecule has 1 saturated heterocycles. The van der Waals surface area contributed by atoms with E-state index in [1.165, 1.54) is 5.56 Å². The number of piperidine rings is 1. The van der Waals surface area contributed by atoms with E-state index < -0.39 is 0 Å². The van der Waals surface area contributed by atoms with Gasteiger partial charge in [0.2, 0.25) is 0 Å². The summed E-state index contributed by atoms with van der Waals surface area (Å²) in [5.74, 6) is 1.70. The van der Waals surface area contributed by atoms with Crippen molar-refractivity contribution in [2.24, 2.45) is 10.9 Å². The Labute approximate surface area is 146 Å². The second-order valence-corrected chi connectivity index (χ2v) is 6.90. The molecule has 0 bridgehead atoms. The fraction of sp³-hybridized carbons (Fsp3) is 0.471. The Balaban J connectivity index is 1.29. The summed E-state index contributed by atoms with van der Waals surface area (Å²) in [7, 11) is 0. The van der Waals surface area contributed by atoms with Crippen LogP contribution in [0.3, 0.4) is 0 Å². The highest BCUT2D eigenvalue weighted by atomic mass is 35.5. The molecular formula is C17H21ClN6. The van der Waals surface area contributed by atoms with Crippen LogP contribution in [0.4, 0.5) is 0 Å². The average Bonchev–Trinajstić information content (AvgIpc) is 3.28. The smallest absolute Gasteiger partial charge is 0.194 e. The molecular weight excluding hydrogens is 324 g/mol. The normalized spacial score (nSPS) is 21.6. The minimum atomic E-state index is 0.255. The van der Waals surface area contributed by atoms with Gasteiger partial charge in [-0.05, 0) is 36.5 Å². The number of nitrogens with one attached hydrogen (secondary N) is 1. The van der Waals surface area contributed by atoms with Crippen LogP contribution in [0.2, 0.25) is 5.02 Å². The summed E-state index contributed by atoms with van der Waals surface area (Å²) in [5, 5.41) is 12.3. The Morgan fingerprint density at radius 1 is 1.17 bits per heavy atom. The minimum Gasteiger partial charge on any atom is -0.348 e. The summed E-state index contributed by atoms with van der Waals surface area (Å²) >= 11 is 5.97. The molecule has 126 valence electrons. The lowest BCUT2D eigenvalue weighted by molar-refractivity contribution is 0.235. The number of aliphatic imine (C=N–C) groups is 1. The van der Waals surface area contributed by atoms with E-state index in [2.05, 4.69) is 32.7 Å². The topological polar surface area (TPSA) is 58.3 Å². The number of nitrogens with zero attached hydrogens (tertiary/aromatic N) is 5. The van der Waals surface area contributed by atoms with Crippen molar-refractivity contribution in [1.82, 2.24) is 25.2 Å². The maximum Gasteiger partial charge on any atom is 0.194 e. The molecule has 1 N–H and O–H groups in total. The lowest BCUT2D eigenvalue weighted by Crippen LogP contribution is -2.44. The predicted molar refractivity (Wildman–Crippen MR) is 93.9 cm³/mol. The summed E-state index contributed by atoms with van der Waals surface area (Å²) in [6.45, 7) is 3.83. The third kappa shape index (κ3) is 3.38. The monoisotopic (exact) mass is 344 g/mol. The van der Waals surface area contributed by atoms with E-state index in [1.54, 1.807) is 6.20 Å². The Morgan fingerprint density at radius 3 is 2.67 bits per heavy atom. The van der Waals surface area contributed by atoms with Gasteiger partial charge in [-0.2, -0.15) is 0 Å². The van der Waals surface area contributed by atoms with Gasteiger partial charge in [0.25, 0.3) is 0 Å². The van der Waals surface area contributed by atoms with E-state index in [1.807, 2.05) is 23.0 Å². The molecule has 0 aliphatic carbocycles. The van der Waals surface area contributed by atoms with Crippen LogP contribution >= 0.6 is 11.6 Å². The molecule has 1 atom stereocenters. The van der Waals surface area contributed by atoms with Gasteiger partial charge in [-0.25, -0.2) is 0 Å². The Morgan fingerprint density at radius 2 is 1.96 bits per heavy atom. The first kappa shape index (κ1) is 15.4. The fourth-order valence-electron chi connectivity index (χ4n) is 3.42. The molecule has 1 unspecified atom stereocenters. The second-order valence-electron chi connectivity index (χ2n) is 6.47. The zero-order valence-electron chi connectivity index (χ0n) is 13.5. The fourth-order valence-corrected chi connectivity index (χ4v) is 3.55. The van der Waals surface area contributed by atoms with Gasteiger partial charge in [-0.15, -0.1) is 5.10 Å². The zero-order chi connectivity index (χ0) is 16.4. The first-order valence-corrected chi connectivity index (χ1v) is 8.81. The number of halogens is 1. The third-order valence-electron chi connectivity index (χ3n) is 4.83. The minimum absolute atomic E-state index is 0.255. The number of benzene rings is 1. The molecule has 0 saturated carbocycles. The third-order valence-corrected chi connectivity index (χ3v) is 5.08. The van der Waals surface area contributed by atoms with Crippen LogP contribution in [0.1, 0.15) is 24.4 Å². The number of likely N-dealkylation sites (tertiary alicyclic amines) is 1. The van der Waals surface area contributed by atoms with Gasteiger partial charge in [0, 0.05) is 30.9 Å². The molecule has 0 amide bonds. The van der Waals surface area contributed by atoms with E-state index in [4.69, 9.17) is 16.6 Å². The Bertz CT molecular complexity index is 688. The summed E-state index contributed by atoms with van der Waals surface area (Å²) in [6.07, 6.45) is 5.99. The molecule has 0 radical (unpaired) electrons. The average molecular weight is 345 g/mol. The van der Waals surface area contributed by atoms with Gasteiger partial charge >= 0.3 is 0 Å². The van der Waals surface area contributed by atoms with Crippen LogP contribution in [0.5, 0.6) is 0 Å². The molecule has 1 aromatic carbocycles. The first-order chi connectivity index (χ1) is 11.8. The van der Waals surface area contributed by atoms with Crippen LogP contribution < -0.4 is 5.32 Å². The van der Waals surface area contributed by atoms with Crippen molar-refractivity contribution in [3.05, 3.63) is 47.2 Å². The molecule has 1 aromatic heterocycles. The molecule has 1 fully saturated rings. The van der Waals surface area contributed by atoms with E-state index in [9.17, 15) is 0 Å². The van der Waals surface area contributed by atoms with Gasteiger partial charge in [0.1, 0.15) is 0 Å². The number of hydrogen-bond donors (Lipinski definition) is 1. The largest absolute Gasteiger partial charge is 0.348 e. The van der Waals surface area contributed by atoms with Crippen molar-refractivity contribution < 1.29 is 0 Å². The number of rotatable bonds is 3. The maximum atomic E-state index is 5.97. The number of hydrogen-bond acceptors (Lipinski definition) is 5. The molecule has 7 heteroatoms.